The van der Waals surface area contributed by atoms with Crippen molar-refractivity contribution in [2.75, 3.05) is 7.05 Å². The van der Waals surface area contributed by atoms with E-state index in [2.05, 4.69) is 28.8 Å². The van der Waals surface area contributed by atoms with Gasteiger partial charge in [-0.25, -0.2) is 9.97 Å². The maximum Gasteiger partial charge on any atom is 0.273 e. The number of nitrogens with zero attached hydrogens (tertiary/aromatic N) is 3. The van der Waals surface area contributed by atoms with Crippen molar-refractivity contribution in [1.82, 2.24) is 19.9 Å². The molecule has 5 nitrogen and oxygen atoms in total. The van der Waals surface area contributed by atoms with E-state index in [1.165, 1.54) is 11.3 Å². The van der Waals surface area contributed by atoms with Gasteiger partial charge in [0.25, 0.3) is 5.91 Å². The molecule has 0 saturated heterocycles. The summed E-state index contributed by atoms with van der Waals surface area (Å²) in [5.74, 6) is 0.199. The lowest BCUT2D eigenvalue weighted by Gasteiger charge is -2.18. The molecule has 7 heteroatoms. The Balaban J connectivity index is 1.79. The van der Waals surface area contributed by atoms with Crippen molar-refractivity contribution >= 4 is 40.0 Å². The number of H-pyrrole nitrogens is 1. The highest BCUT2D eigenvalue weighted by molar-refractivity contribution is 6.33. The van der Waals surface area contributed by atoms with Crippen LogP contribution in [0.15, 0.2) is 48.7 Å². The lowest BCUT2D eigenvalue weighted by Crippen LogP contribution is -2.27. The van der Waals surface area contributed by atoms with Crippen LogP contribution in [0.25, 0.3) is 22.3 Å². The Morgan fingerprint density at radius 2 is 1.90 bits per heavy atom. The fourth-order valence-electron chi connectivity index (χ4n) is 3.65. The first kappa shape index (κ1) is 21.3. The minimum Gasteiger partial charge on any atom is -0.364 e. The van der Waals surface area contributed by atoms with Crippen molar-refractivity contribution in [1.29, 1.82) is 0 Å². The van der Waals surface area contributed by atoms with E-state index >= 15 is 0 Å². The average molecular weight is 453 g/mol. The van der Waals surface area contributed by atoms with Crippen molar-refractivity contribution in [2.45, 2.75) is 26.8 Å². The van der Waals surface area contributed by atoms with E-state index in [4.69, 9.17) is 23.2 Å². The summed E-state index contributed by atoms with van der Waals surface area (Å²) in [5, 5.41) is 1.66. The summed E-state index contributed by atoms with van der Waals surface area (Å²) in [6.45, 7) is 4.64. The molecule has 31 heavy (non-hydrogen) atoms. The molecule has 1 amide bonds. The molecule has 0 aliphatic heterocycles. The number of benzene rings is 2. The van der Waals surface area contributed by atoms with Crippen LogP contribution in [0.4, 0.5) is 0 Å². The molecule has 2 aromatic carbocycles. The summed E-state index contributed by atoms with van der Waals surface area (Å²) in [4.78, 5) is 27.7. The summed E-state index contributed by atoms with van der Waals surface area (Å²) in [5.41, 5.74) is 5.04. The van der Waals surface area contributed by atoms with E-state index in [9.17, 15) is 4.79 Å². The molecule has 0 bridgehead atoms. The molecule has 0 saturated carbocycles. The number of hydrogen-bond donors (Lipinski definition) is 1. The fourth-order valence-corrected chi connectivity index (χ4v) is 4.04. The highest BCUT2D eigenvalue weighted by atomic mass is 35.5. The molecule has 0 unspecified atom stereocenters. The number of aromatic nitrogens is 3. The van der Waals surface area contributed by atoms with E-state index in [0.29, 0.717) is 44.6 Å². The number of halogens is 2. The van der Waals surface area contributed by atoms with Crippen LogP contribution in [0.5, 0.6) is 0 Å². The number of rotatable bonds is 5. The third-order valence-corrected chi connectivity index (χ3v) is 6.00. The molecule has 2 heterocycles. The van der Waals surface area contributed by atoms with Crippen molar-refractivity contribution < 1.29 is 4.79 Å². The Hall–Kier alpha value is -2.89. The van der Waals surface area contributed by atoms with Crippen LogP contribution in [0, 0.1) is 6.92 Å². The van der Waals surface area contributed by atoms with Gasteiger partial charge in [0.05, 0.1) is 10.5 Å². The van der Waals surface area contributed by atoms with Crippen LogP contribution in [0.2, 0.25) is 10.0 Å². The van der Waals surface area contributed by atoms with Gasteiger partial charge in [-0.3, -0.25) is 4.79 Å². The van der Waals surface area contributed by atoms with Gasteiger partial charge in [-0.2, -0.15) is 0 Å². The Morgan fingerprint density at radius 3 is 2.61 bits per heavy atom. The first-order valence-electron chi connectivity index (χ1n) is 10.0. The van der Waals surface area contributed by atoms with Crippen LogP contribution in [0.3, 0.4) is 0 Å². The molecule has 2 aromatic heterocycles. The van der Waals surface area contributed by atoms with Crippen LogP contribution in [-0.4, -0.2) is 32.8 Å². The van der Waals surface area contributed by atoms with E-state index in [0.717, 1.165) is 12.0 Å². The minimum atomic E-state index is -0.207. The van der Waals surface area contributed by atoms with Gasteiger partial charge in [-0.1, -0.05) is 42.3 Å². The predicted molar refractivity (Wildman–Crippen MR) is 126 cm³/mol. The monoisotopic (exact) mass is 452 g/mol. The maximum atomic E-state index is 13.5. The second-order valence-electron chi connectivity index (χ2n) is 7.47. The zero-order chi connectivity index (χ0) is 22.1. The molecule has 0 aliphatic carbocycles. The van der Waals surface area contributed by atoms with Gasteiger partial charge in [-0.05, 0) is 54.8 Å². The third kappa shape index (κ3) is 4.16. The largest absolute Gasteiger partial charge is 0.364 e. The number of amides is 1. The van der Waals surface area contributed by atoms with E-state index in [-0.39, 0.29) is 5.91 Å². The van der Waals surface area contributed by atoms with Gasteiger partial charge in [0, 0.05) is 41.5 Å². The number of fused-ring (bicyclic) bond motifs is 1. The van der Waals surface area contributed by atoms with Gasteiger partial charge in [0.15, 0.2) is 5.82 Å². The number of carbonyl (C=O) groups is 1. The lowest BCUT2D eigenvalue weighted by molar-refractivity contribution is 0.0781. The molecule has 0 aliphatic rings. The summed E-state index contributed by atoms with van der Waals surface area (Å²) in [6.07, 6.45) is 2.88. The fraction of sp³-hybridized carbons (Fsp3) is 0.208. The molecule has 0 atom stereocenters. The Labute approximate surface area is 191 Å². The number of aromatic amines is 1. The van der Waals surface area contributed by atoms with E-state index < -0.39 is 0 Å². The molecule has 4 rings (SSSR count). The predicted octanol–water partition coefficient (Wildman–Crippen LogP) is 6.07. The molecule has 0 spiro atoms. The zero-order valence-electron chi connectivity index (χ0n) is 17.5. The normalized spacial score (nSPS) is 11.1. The van der Waals surface area contributed by atoms with Crippen molar-refractivity contribution in [3.8, 4) is 11.4 Å². The highest BCUT2D eigenvalue weighted by Gasteiger charge is 2.21. The first-order chi connectivity index (χ1) is 14.9. The van der Waals surface area contributed by atoms with E-state index in [1.807, 2.05) is 24.4 Å². The summed E-state index contributed by atoms with van der Waals surface area (Å²) < 4.78 is 0. The van der Waals surface area contributed by atoms with E-state index in [1.54, 1.807) is 36.2 Å². The summed E-state index contributed by atoms with van der Waals surface area (Å²) in [6, 6.07) is 12.6. The summed E-state index contributed by atoms with van der Waals surface area (Å²) in [7, 11) is 1.77. The van der Waals surface area contributed by atoms with Gasteiger partial charge < -0.3 is 9.88 Å². The standard InChI is InChI=1S/C24H22Cl2N4O/c1-4-20-14(2)15(12-27-20)13-30(3)24(31)22-18-11-16(25)9-10-21(18)28-23(29-22)17-7-5-6-8-19(17)26/h5-12,27H,4,13H2,1-3H3. The first-order valence-corrected chi connectivity index (χ1v) is 10.8. The minimum absolute atomic E-state index is 0.207. The molecule has 158 valence electrons. The Morgan fingerprint density at radius 1 is 1.13 bits per heavy atom. The quantitative estimate of drug-likeness (QED) is 0.399. The zero-order valence-corrected chi connectivity index (χ0v) is 19.1. The third-order valence-electron chi connectivity index (χ3n) is 5.44. The van der Waals surface area contributed by atoms with Crippen LogP contribution < -0.4 is 0 Å². The SMILES string of the molecule is CCc1[nH]cc(CN(C)C(=O)c2nc(-c3ccccc3Cl)nc3ccc(Cl)cc23)c1C. The lowest BCUT2D eigenvalue weighted by atomic mass is 10.1. The molecule has 1 N–H and O–H groups in total. The Bertz CT molecular complexity index is 1280. The van der Waals surface area contributed by atoms with Crippen molar-refractivity contribution in [2.24, 2.45) is 0 Å². The number of aryl methyl sites for hydroxylation is 1. The molecular formula is C24H22Cl2N4O. The highest BCUT2D eigenvalue weighted by Crippen LogP contribution is 2.29. The average Bonchev–Trinajstić information content (AvgIpc) is 3.12. The van der Waals surface area contributed by atoms with Crippen molar-refractivity contribution in [3.63, 3.8) is 0 Å². The van der Waals surface area contributed by atoms with Crippen LogP contribution in [-0.2, 0) is 13.0 Å². The van der Waals surface area contributed by atoms with Crippen LogP contribution in [0.1, 0.15) is 34.2 Å². The number of carbonyl (C=O) groups excluding carboxylic acids is 1. The van der Waals surface area contributed by atoms with Gasteiger partial charge in [0.2, 0.25) is 0 Å². The molecule has 0 fully saturated rings. The molecular weight excluding hydrogens is 431 g/mol. The number of hydrogen-bond acceptors (Lipinski definition) is 3. The van der Waals surface area contributed by atoms with Crippen molar-refractivity contribution in [3.05, 3.63) is 81.2 Å². The van der Waals surface area contributed by atoms with Gasteiger partial charge >= 0.3 is 0 Å². The number of nitrogens with one attached hydrogen (secondary N) is 1. The smallest absolute Gasteiger partial charge is 0.273 e. The summed E-state index contributed by atoms with van der Waals surface area (Å²) >= 11 is 12.6. The second-order valence-corrected chi connectivity index (χ2v) is 8.31. The second kappa shape index (κ2) is 8.69. The maximum absolute atomic E-state index is 13.5. The molecule has 4 aromatic rings. The van der Waals surface area contributed by atoms with Crippen LogP contribution >= 0.6 is 23.2 Å². The topological polar surface area (TPSA) is 61.9 Å². The van der Waals surface area contributed by atoms with Gasteiger partial charge in [0.1, 0.15) is 5.69 Å². The van der Waals surface area contributed by atoms with Gasteiger partial charge in [-0.15, -0.1) is 0 Å². The molecule has 0 radical (unpaired) electrons. The Kier molecular flexibility index (Phi) is 5.99.